The number of H-pyrrole nitrogens is 3. The van der Waals surface area contributed by atoms with Gasteiger partial charge >= 0.3 is 0 Å². The normalized spacial score (nSPS) is 24.1. The van der Waals surface area contributed by atoms with Crippen LogP contribution < -0.4 is 32.6 Å². The largest absolute Gasteiger partial charge is 0.407 e. The van der Waals surface area contributed by atoms with Crippen LogP contribution in [0.5, 0.6) is 0 Å². The van der Waals surface area contributed by atoms with Crippen molar-refractivity contribution in [2.24, 2.45) is 0 Å². The summed E-state index contributed by atoms with van der Waals surface area (Å²) < 4.78 is 119. The molecule has 0 aromatic carbocycles. The Kier molecular flexibility index (Phi) is 31.1. The number of aliphatic hydroxyl groups is 2. The topological polar surface area (TPSA) is 402 Å². The average molecular weight is 1580 g/mol. The molecule has 6 unspecified atom stereocenters. The van der Waals surface area contributed by atoms with Crippen LogP contribution in [0, 0.1) is 0 Å². The number of aromatic amines is 3. The third kappa shape index (κ3) is 22.1. The lowest BCUT2D eigenvalue weighted by Crippen LogP contribution is -2.49. The van der Waals surface area contributed by atoms with E-state index in [1.165, 1.54) is 65.9 Å². The molecule has 9 rings (SSSR count). The lowest BCUT2D eigenvalue weighted by Gasteiger charge is -2.42. The highest BCUT2D eigenvalue weighted by molar-refractivity contribution is 7.49. The van der Waals surface area contributed by atoms with Gasteiger partial charge in [-0.05, 0) is 142 Å². The number of methoxy groups -OCH3 is 1. The first-order valence-corrected chi connectivity index (χ1v) is 42.3. The molecule has 0 bridgehead atoms. The van der Waals surface area contributed by atoms with Crippen LogP contribution in [0.1, 0.15) is 177 Å². The van der Waals surface area contributed by atoms with E-state index in [-0.39, 0.29) is 125 Å². The maximum atomic E-state index is 15.6. The molecule has 0 spiro atoms. The zero-order valence-corrected chi connectivity index (χ0v) is 70.0. The quantitative estimate of drug-likeness (QED) is 0.0206. The summed E-state index contributed by atoms with van der Waals surface area (Å²) in [6.07, 6.45) is -5.02. The number of nitrogens with one attached hydrogen (secondary N) is 6. The van der Waals surface area contributed by atoms with Crippen molar-refractivity contribution in [1.82, 2.24) is 72.6 Å². The zero-order valence-electron chi connectivity index (χ0n) is 72.4. The summed E-state index contributed by atoms with van der Waals surface area (Å²) in [5.41, 5.74) is -0.752. The molecule has 106 heavy (non-hydrogen) atoms. The lowest BCUT2D eigenvalue weighted by atomic mass is 10.1. The van der Waals surface area contributed by atoms with Gasteiger partial charge in [0.15, 0.2) is 66.7 Å². The number of aromatic nitrogens is 12. The fraction of sp³-hybridized carbons (Fsp3) is 0.731. The number of fused-ring (bicyclic) bond motifs is 3. The van der Waals surface area contributed by atoms with Crippen molar-refractivity contribution in [3.8, 4) is 0 Å². The standard InChI is InChI=1S/C25H45N6O5PSi.C20H33N6O5P.C19H30FN6O4P.2CH4O.CH4/c1-14(2)31(15(3)4)37(10)35-19-16(5)34-23(20(19)36-38(11,12)25(7,8)9)30-13-26-18-21(30)28-24(27-17(6)32)29-22(18)33;1-10(2)26(11(3)4)32(8)31-15-12(5)30-19(16(15)29-7)25-9-21-14-17(25)23-20(22-13(6)27)24-18(14)28;1-9(2)26(10(3)4)31(7)30-15-11(5)29-18(13(15)20)25-8-21-14-16(25)23-19(22-12(6)27)24-17(14)28;2*1-2;/h13-16,19-20,23H,1-12H3,(H2,27,28,29,32,33);9-12,15-16,19H,1-8H3,(H2,22,23,24,27,28);8-11,13,15,18H,1-7H3,(H2,22,23,24,27,28);2*2H,1H3;1H4/t16-,19?,20+,23-,37?;12-,15?,16+,19-,32?;11-,13+,15?,18-,31?;;;/m111.../s1/i3*5D;2*2T;1T. The number of nitrogens with zero attached hydrogens (tertiary/aromatic N) is 12. The van der Waals surface area contributed by atoms with Gasteiger partial charge in [-0.3, -0.25) is 87.4 Å². The Balaban J connectivity index is 0.000000339. The molecule has 3 amide bonds. The fourth-order valence-corrected chi connectivity index (χ4v) is 19.8. The van der Waals surface area contributed by atoms with Crippen molar-refractivity contribution >= 4 is 102 Å². The third-order valence-corrected chi connectivity index (χ3v) is 28.2. The van der Waals surface area contributed by atoms with Crippen LogP contribution in [-0.2, 0) is 51.3 Å². The minimum absolute atomic E-state index is 0.00905. The van der Waals surface area contributed by atoms with Gasteiger partial charge in [-0.15, -0.1) is 0 Å². The Labute approximate surface area is 634 Å². The summed E-state index contributed by atoms with van der Waals surface area (Å²) in [7, 11) is -0.105. The minimum atomic E-state index is -2.35. The van der Waals surface area contributed by atoms with Gasteiger partial charge in [0.1, 0.15) is 55.4 Å². The Morgan fingerprint density at radius 3 is 1.13 bits per heavy atom. The zero-order chi connectivity index (χ0) is 85.0. The Hall–Kier alpha value is -5.62. The van der Waals surface area contributed by atoms with Crippen LogP contribution in [0.4, 0.5) is 22.2 Å². The number of anilines is 3. The number of hydrogen-bond acceptors (Lipinski definition) is 25. The van der Waals surface area contributed by atoms with Gasteiger partial charge in [0.2, 0.25) is 38.4 Å². The number of imidazole rings is 3. The van der Waals surface area contributed by atoms with Crippen LogP contribution in [0.3, 0.4) is 0 Å². The van der Waals surface area contributed by atoms with E-state index in [0.29, 0.717) is 0 Å². The second-order valence-corrected chi connectivity index (χ2v) is 37.8. The molecule has 0 radical (unpaired) electrons. The second-order valence-electron chi connectivity index (χ2n) is 28.2. The number of rotatable bonds is 24. The van der Waals surface area contributed by atoms with Crippen molar-refractivity contribution < 1.29 is 71.4 Å². The van der Waals surface area contributed by atoms with Crippen LogP contribution in [0.25, 0.3) is 33.5 Å². The van der Waals surface area contributed by atoms with E-state index in [4.69, 9.17) is 45.3 Å². The van der Waals surface area contributed by atoms with Gasteiger partial charge in [-0.1, -0.05) is 28.2 Å². The predicted molar refractivity (Wildman–Crippen MR) is 416 cm³/mol. The molecule has 3 fully saturated rings. The molecule has 3 aliphatic heterocycles. The molecule has 0 aliphatic carbocycles. The minimum Gasteiger partial charge on any atom is -0.407 e. The van der Waals surface area contributed by atoms with Gasteiger partial charge in [0.25, 0.3) is 16.7 Å². The number of alkyl halides is 1. The molecular weight excluding hydrogens is 1450 g/mol. The molecule has 0 saturated carbocycles. The van der Waals surface area contributed by atoms with Gasteiger partial charge in [-0.25, -0.2) is 19.3 Å². The SMILES string of the molecule is [2H]C[C@H]1O[C@@H](n2cnc3c(=O)[nH]c(NC(C)=O)nc32)[C@@H](F)C1OP(C)N(C(C)C)C(C)C.[2H]C[C@H]1O[C@@H](n2cnc3c(=O)[nH]c(NC(C)=O)nc32)[C@@H](OC)C1OP(C)N(C(C)C)C(C)C.[2H]C[C@H]1O[C@@H](n2cnc3c(=O)[nH]c(NC(C)=O)nc32)[C@@H](O[Si](C)(C)C(C)(C)C)C1OP(C)N(C(C)C)C(C)C.[3H]C.[3H]OC.[3H]OC. The van der Waals surface area contributed by atoms with Crippen LogP contribution in [-0.4, -0.2) is 244 Å². The molecule has 34 nitrogen and oxygen atoms in total. The van der Waals surface area contributed by atoms with Gasteiger partial charge in [0, 0.05) is 83.8 Å². The average Bonchev–Trinajstić information content (AvgIpc) is 1.61. The highest BCUT2D eigenvalue weighted by atomic mass is 31.2. The fourth-order valence-electron chi connectivity index (χ4n) is 12.5. The van der Waals surface area contributed by atoms with E-state index >= 15 is 4.39 Å². The summed E-state index contributed by atoms with van der Waals surface area (Å²) >= 11 is 0. The molecule has 39 heteroatoms. The molecule has 9 heterocycles. The Morgan fingerprint density at radius 2 is 0.849 bits per heavy atom. The number of carbonyl (C=O) groups is 3. The summed E-state index contributed by atoms with van der Waals surface area (Å²) in [6, 6.07) is 1.53. The number of ether oxygens (including phenoxy) is 4. The first-order valence-electron chi connectivity index (χ1n) is 38.4. The molecule has 600 valence electrons. The van der Waals surface area contributed by atoms with Crippen LogP contribution in [0.15, 0.2) is 33.4 Å². The van der Waals surface area contributed by atoms with E-state index in [0.717, 1.165) is 0 Å². The molecule has 6 aromatic rings. The first-order chi connectivity index (χ1) is 52.4. The first kappa shape index (κ1) is 82.9. The molecule has 3 saturated heterocycles. The highest BCUT2D eigenvalue weighted by Crippen LogP contribution is 2.51. The van der Waals surface area contributed by atoms with Crippen molar-refractivity contribution in [3.05, 3.63) is 50.0 Å². The molecule has 3 aliphatic rings. The van der Waals surface area contributed by atoms with Gasteiger partial charge in [-0.2, -0.15) is 15.0 Å². The lowest BCUT2D eigenvalue weighted by molar-refractivity contribution is -0.115. The maximum Gasteiger partial charge on any atom is 0.280 e. The van der Waals surface area contributed by atoms with Crippen molar-refractivity contribution in [3.63, 3.8) is 0 Å². The highest BCUT2D eigenvalue weighted by Gasteiger charge is 2.53. The number of aliphatic hydroxyl groups excluding tert-OH is 2. The van der Waals surface area contributed by atoms with Crippen molar-refractivity contribution in [1.29, 1.82) is 2.86 Å². The van der Waals surface area contributed by atoms with Crippen molar-refractivity contribution in [2.75, 3.05) is 57.3 Å². The number of carbonyl (C=O) groups excluding carboxylic acids is 3. The third-order valence-electron chi connectivity index (χ3n) is 17.3. The van der Waals surface area contributed by atoms with E-state index in [2.05, 4.69) is 209 Å². The molecular formula is C67H120FN18O16P3Si. The van der Waals surface area contributed by atoms with E-state index in [1.54, 1.807) is 16.2 Å². The smallest absolute Gasteiger partial charge is 0.280 e. The van der Waals surface area contributed by atoms with E-state index in [1.807, 2.05) is 13.3 Å². The maximum absolute atomic E-state index is 15.6. The number of halogens is 1. The van der Waals surface area contributed by atoms with E-state index in [9.17, 15) is 28.8 Å². The van der Waals surface area contributed by atoms with Crippen LogP contribution in [0.2, 0.25) is 18.1 Å². The van der Waals surface area contributed by atoms with E-state index < -0.39 is 129 Å². The Morgan fingerprint density at radius 1 is 0.575 bits per heavy atom. The second kappa shape index (κ2) is 39.8. The number of amides is 3. The van der Waals surface area contributed by atoms with Crippen LogP contribution >= 0.6 is 24.9 Å². The summed E-state index contributed by atoms with van der Waals surface area (Å²) in [5.74, 6) is -1.18. The van der Waals surface area contributed by atoms with Gasteiger partial charge in [0.05, 0.1) is 37.3 Å². The summed E-state index contributed by atoms with van der Waals surface area (Å²) in [6.45, 7) is 45.9. The van der Waals surface area contributed by atoms with Crippen molar-refractivity contribution in [2.45, 2.75) is 281 Å². The molecule has 8 N–H and O–H groups in total. The summed E-state index contributed by atoms with van der Waals surface area (Å²) in [4.78, 5) is 105. The number of hydrogen-bond donors (Lipinski definition) is 8. The summed E-state index contributed by atoms with van der Waals surface area (Å²) in [5, 5.41) is 14.3. The van der Waals surface area contributed by atoms with Gasteiger partial charge < -0.3 is 47.2 Å². The predicted octanol–water partition coefficient (Wildman–Crippen LogP) is 9.92. The molecule has 6 aromatic heterocycles. The monoisotopic (exact) mass is 1580 g/mol. The Bertz CT molecular complexity index is 4100. The molecule has 15 atom stereocenters.